The lowest BCUT2D eigenvalue weighted by molar-refractivity contribution is -0.115. The Hall–Kier alpha value is -2.65. The van der Waals surface area contributed by atoms with Crippen LogP contribution in [-0.2, 0) is 14.9 Å². The summed E-state index contributed by atoms with van der Waals surface area (Å²) in [7, 11) is -4.08. The fraction of sp³-hybridized carbons (Fsp3) is 0. The highest BCUT2D eigenvalue weighted by Gasteiger charge is 2.25. The number of amides is 2. The summed E-state index contributed by atoms with van der Waals surface area (Å²) in [4.78, 5) is 22.7. The Morgan fingerprint density at radius 1 is 1.00 bits per heavy atom. The van der Waals surface area contributed by atoms with Gasteiger partial charge in [0.1, 0.15) is 16.5 Å². The highest BCUT2D eigenvalue weighted by Crippen LogP contribution is 2.26. The van der Waals surface area contributed by atoms with Crippen LogP contribution in [0.1, 0.15) is 5.56 Å². The van der Waals surface area contributed by atoms with Crippen molar-refractivity contribution in [2.45, 2.75) is 4.90 Å². The van der Waals surface area contributed by atoms with E-state index in [0.29, 0.717) is 5.56 Å². The molecule has 25 heavy (non-hydrogen) atoms. The zero-order valence-electron chi connectivity index (χ0n) is 12.4. The Kier molecular flexibility index (Phi) is 4.60. The van der Waals surface area contributed by atoms with Gasteiger partial charge in [0.2, 0.25) is 0 Å². The van der Waals surface area contributed by atoms with Gasteiger partial charge in [-0.1, -0.05) is 12.1 Å². The van der Waals surface area contributed by atoms with Gasteiger partial charge < -0.3 is 4.18 Å². The molecule has 0 saturated carbocycles. The minimum absolute atomic E-state index is 0.0612. The first kappa shape index (κ1) is 17.2. The van der Waals surface area contributed by atoms with Crippen molar-refractivity contribution in [3.05, 3.63) is 64.8 Å². The molecule has 2 aromatic carbocycles. The zero-order chi connectivity index (χ0) is 18.0. The molecule has 1 saturated heterocycles. The molecule has 0 aliphatic carbocycles. The Balaban J connectivity index is 1.77. The Morgan fingerprint density at radius 3 is 2.20 bits per heavy atom. The van der Waals surface area contributed by atoms with E-state index in [1.807, 2.05) is 0 Å². The summed E-state index contributed by atoms with van der Waals surface area (Å²) in [5, 5.41) is 1.69. The Morgan fingerprint density at radius 2 is 1.64 bits per heavy atom. The number of rotatable bonds is 4. The van der Waals surface area contributed by atoms with Crippen molar-refractivity contribution >= 4 is 39.1 Å². The monoisotopic (exact) mass is 379 g/mol. The van der Waals surface area contributed by atoms with Crippen LogP contribution in [-0.4, -0.2) is 19.6 Å². The predicted molar refractivity (Wildman–Crippen MR) is 89.8 cm³/mol. The van der Waals surface area contributed by atoms with Crippen molar-refractivity contribution in [2.24, 2.45) is 0 Å². The minimum Gasteiger partial charge on any atom is -0.379 e. The first-order chi connectivity index (χ1) is 11.8. The average molecular weight is 379 g/mol. The lowest BCUT2D eigenvalue weighted by Crippen LogP contribution is -2.17. The fourth-order valence-electron chi connectivity index (χ4n) is 1.97. The Labute approximate surface area is 146 Å². The minimum atomic E-state index is -4.08. The molecule has 3 rings (SSSR count). The molecule has 1 aliphatic heterocycles. The molecular weight excluding hydrogens is 369 g/mol. The second kappa shape index (κ2) is 6.69. The maximum Gasteiger partial charge on any atom is 0.339 e. The van der Waals surface area contributed by atoms with Gasteiger partial charge in [0.25, 0.3) is 11.1 Å². The van der Waals surface area contributed by atoms with Crippen molar-refractivity contribution in [1.82, 2.24) is 5.32 Å². The van der Waals surface area contributed by atoms with Gasteiger partial charge in [0.05, 0.1) is 4.91 Å². The molecule has 0 unspecified atom stereocenters. The van der Waals surface area contributed by atoms with Crippen LogP contribution >= 0.6 is 11.8 Å². The number of hydrogen-bond donors (Lipinski definition) is 1. The predicted octanol–water partition coefficient (Wildman–Crippen LogP) is 2.92. The van der Waals surface area contributed by atoms with Crippen molar-refractivity contribution in [3.8, 4) is 5.75 Å². The molecular formula is C16H10FNO5S2. The van der Waals surface area contributed by atoms with Crippen LogP contribution in [0.3, 0.4) is 0 Å². The SMILES string of the molecule is O=C1NC(=O)/C(=C/c2ccc(OS(=O)(=O)c3ccc(F)cc3)cc2)S1. The standard InChI is InChI=1S/C16H10FNO5S2/c17-11-3-7-13(8-4-11)25(21,22)23-12-5-1-10(2-6-12)9-14-15(19)18-16(20)24-14/h1-9H,(H,18,19,20)/b14-9-. The molecule has 1 N–H and O–H groups in total. The van der Waals surface area contributed by atoms with Crippen LogP contribution in [0.4, 0.5) is 9.18 Å². The Bertz CT molecular complexity index is 967. The van der Waals surface area contributed by atoms with Gasteiger partial charge in [-0.25, -0.2) is 4.39 Å². The third-order valence-electron chi connectivity index (χ3n) is 3.13. The molecule has 0 atom stereocenters. The second-order valence-corrected chi connectivity index (χ2v) is 7.47. The molecule has 128 valence electrons. The number of benzene rings is 2. The summed E-state index contributed by atoms with van der Waals surface area (Å²) in [5.41, 5.74) is 0.596. The summed E-state index contributed by atoms with van der Waals surface area (Å²) < 4.78 is 42.1. The summed E-state index contributed by atoms with van der Waals surface area (Å²) in [6, 6.07) is 10.2. The van der Waals surface area contributed by atoms with Crippen LogP contribution in [0.25, 0.3) is 6.08 Å². The molecule has 2 amide bonds. The van der Waals surface area contributed by atoms with Gasteiger partial charge in [-0.3, -0.25) is 14.9 Å². The molecule has 2 aromatic rings. The van der Waals surface area contributed by atoms with E-state index in [1.165, 1.54) is 18.2 Å². The van der Waals surface area contributed by atoms with Gasteiger partial charge in [-0.15, -0.1) is 0 Å². The third-order valence-corrected chi connectivity index (χ3v) is 5.20. The highest BCUT2D eigenvalue weighted by molar-refractivity contribution is 8.18. The first-order valence-corrected chi connectivity index (χ1v) is 9.11. The normalized spacial score (nSPS) is 16.1. The smallest absolute Gasteiger partial charge is 0.339 e. The number of carbonyl (C=O) groups is 2. The number of halogens is 1. The quantitative estimate of drug-likeness (QED) is 0.649. The van der Waals surface area contributed by atoms with Crippen molar-refractivity contribution < 1.29 is 26.6 Å². The van der Waals surface area contributed by atoms with Gasteiger partial charge in [0.15, 0.2) is 0 Å². The number of imide groups is 1. The van der Waals surface area contributed by atoms with E-state index in [2.05, 4.69) is 5.32 Å². The van der Waals surface area contributed by atoms with Crippen LogP contribution in [0.15, 0.2) is 58.3 Å². The summed E-state index contributed by atoms with van der Waals surface area (Å²) in [6.07, 6.45) is 1.50. The van der Waals surface area contributed by atoms with Gasteiger partial charge in [-0.2, -0.15) is 8.42 Å². The fourth-order valence-corrected chi connectivity index (χ4v) is 3.58. The molecule has 1 heterocycles. The lowest BCUT2D eigenvalue weighted by atomic mass is 10.2. The van der Waals surface area contributed by atoms with E-state index < -0.39 is 27.1 Å². The largest absolute Gasteiger partial charge is 0.379 e. The van der Waals surface area contributed by atoms with E-state index >= 15 is 0 Å². The van der Waals surface area contributed by atoms with E-state index in [4.69, 9.17) is 4.18 Å². The maximum atomic E-state index is 12.9. The van der Waals surface area contributed by atoms with E-state index in [-0.39, 0.29) is 15.6 Å². The number of thioether (sulfide) groups is 1. The van der Waals surface area contributed by atoms with E-state index in [0.717, 1.165) is 36.0 Å². The molecule has 1 fully saturated rings. The van der Waals surface area contributed by atoms with Crippen molar-refractivity contribution in [1.29, 1.82) is 0 Å². The van der Waals surface area contributed by atoms with E-state index in [9.17, 15) is 22.4 Å². The van der Waals surface area contributed by atoms with Gasteiger partial charge >= 0.3 is 10.1 Å². The second-order valence-electron chi connectivity index (χ2n) is 4.91. The van der Waals surface area contributed by atoms with Crippen LogP contribution in [0, 0.1) is 5.82 Å². The molecule has 0 aromatic heterocycles. The van der Waals surface area contributed by atoms with Crippen molar-refractivity contribution in [2.75, 3.05) is 0 Å². The molecule has 1 aliphatic rings. The first-order valence-electron chi connectivity index (χ1n) is 6.88. The van der Waals surface area contributed by atoms with E-state index in [1.54, 1.807) is 12.1 Å². The molecule has 0 spiro atoms. The van der Waals surface area contributed by atoms with Crippen LogP contribution in [0.2, 0.25) is 0 Å². The average Bonchev–Trinajstić information content (AvgIpc) is 2.87. The zero-order valence-corrected chi connectivity index (χ0v) is 14.1. The summed E-state index contributed by atoms with van der Waals surface area (Å²) in [6.45, 7) is 0. The molecule has 9 heteroatoms. The third kappa shape index (κ3) is 4.06. The van der Waals surface area contributed by atoms with Crippen molar-refractivity contribution in [3.63, 3.8) is 0 Å². The molecule has 0 radical (unpaired) electrons. The molecule has 0 bridgehead atoms. The number of hydrogen-bond acceptors (Lipinski definition) is 6. The lowest BCUT2D eigenvalue weighted by Gasteiger charge is -2.07. The highest BCUT2D eigenvalue weighted by atomic mass is 32.2. The van der Waals surface area contributed by atoms with Crippen LogP contribution < -0.4 is 9.50 Å². The number of nitrogens with one attached hydrogen (secondary N) is 1. The number of carbonyl (C=O) groups excluding carboxylic acids is 2. The molecule has 6 nitrogen and oxygen atoms in total. The van der Waals surface area contributed by atoms with Crippen LogP contribution in [0.5, 0.6) is 5.75 Å². The summed E-state index contributed by atoms with van der Waals surface area (Å²) in [5.74, 6) is -0.969. The summed E-state index contributed by atoms with van der Waals surface area (Å²) >= 11 is 0.785. The topological polar surface area (TPSA) is 89.5 Å². The maximum absolute atomic E-state index is 12.9. The van der Waals surface area contributed by atoms with Gasteiger partial charge in [0, 0.05) is 0 Å². The van der Waals surface area contributed by atoms with Gasteiger partial charge in [-0.05, 0) is 59.8 Å².